The number of carbonyl (C=O) groups is 3. The van der Waals surface area contributed by atoms with E-state index in [-0.39, 0.29) is 37.5 Å². The van der Waals surface area contributed by atoms with Crippen molar-refractivity contribution in [2.24, 2.45) is 0 Å². The second kappa shape index (κ2) is 54.2. The summed E-state index contributed by atoms with van der Waals surface area (Å²) in [5.74, 6) is -0.982. The monoisotopic (exact) mass is 925 g/mol. The van der Waals surface area contributed by atoms with Crippen molar-refractivity contribution in [3.63, 3.8) is 0 Å². The van der Waals surface area contributed by atoms with E-state index in [1.54, 1.807) is 0 Å². The van der Waals surface area contributed by atoms with Crippen LogP contribution in [0.15, 0.2) is 134 Å². The van der Waals surface area contributed by atoms with Gasteiger partial charge in [-0.1, -0.05) is 264 Å². The molecule has 0 bridgehead atoms. The molecule has 0 spiro atoms. The number of rotatable bonds is 46. The largest absolute Gasteiger partial charge is 0.462 e. The highest BCUT2D eigenvalue weighted by molar-refractivity contribution is 5.71. The smallest absolute Gasteiger partial charge is 0.306 e. The van der Waals surface area contributed by atoms with Gasteiger partial charge in [-0.3, -0.25) is 14.4 Å². The molecule has 0 saturated heterocycles. The molecule has 1 atom stereocenters. The fourth-order valence-electron chi connectivity index (χ4n) is 6.91. The molecule has 0 heterocycles. The van der Waals surface area contributed by atoms with Gasteiger partial charge in [-0.15, -0.1) is 0 Å². The number of hydrogen-bond donors (Lipinski definition) is 0. The van der Waals surface area contributed by atoms with Gasteiger partial charge in [-0.2, -0.15) is 0 Å². The molecule has 67 heavy (non-hydrogen) atoms. The van der Waals surface area contributed by atoms with Crippen molar-refractivity contribution in [1.29, 1.82) is 0 Å². The van der Waals surface area contributed by atoms with Crippen molar-refractivity contribution in [2.45, 2.75) is 219 Å². The molecule has 0 aromatic rings. The van der Waals surface area contributed by atoms with Crippen LogP contribution in [-0.4, -0.2) is 37.2 Å². The molecule has 0 aliphatic heterocycles. The highest BCUT2D eigenvalue weighted by Gasteiger charge is 2.19. The Balaban J connectivity index is 4.56. The molecule has 0 N–H and O–H groups in total. The quantitative estimate of drug-likeness (QED) is 0.0262. The standard InChI is InChI=1S/C61H96O6/c1-4-7-10-13-16-19-22-25-27-29-31-33-34-36-39-42-45-48-51-54-60(63)66-57-58(56-65-59(62)53-50-47-44-41-38-24-21-18-15-12-9-6-3)67-61(64)55-52-49-46-43-40-37-35-32-30-28-26-23-20-17-14-11-8-5-2/h7,10,13,16-17,19-20,22-23,25-36,39,58H,4-6,8-9,11-12,14-15,18,21,24,37-38,40-57H2,1-3H3/b10-7-,16-13-,20-17-,22-19-,26-23-,27-25-,30-28-,31-29+,34-33-,35-32-,39-36-. The van der Waals surface area contributed by atoms with Crippen molar-refractivity contribution in [3.05, 3.63) is 134 Å². The van der Waals surface area contributed by atoms with E-state index in [9.17, 15) is 14.4 Å². The average Bonchev–Trinajstić information content (AvgIpc) is 3.33. The highest BCUT2D eigenvalue weighted by Crippen LogP contribution is 2.14. The van der Waals surface area contributed by atoms with Gasteiger partial charge in [-0.05, 0) is 64.2 Å². The van der Waals surface area contributed by atoms with Crippen LogP contribution >= 0.6 is 0 Å². The van der Waals surface area contributed by atoms with E-state index in [0.29, 0.717) is 12.8 Å². The SMILES string of the molecule is CC\C=C/C=C\C=C/C=C\C=C\C=C/C=C\CCCCCC(=O)OCC(COC(=O)CCCCCCCCCCCCCC)OC(=O)CCCCCCC\C=C/C=C\C=C/C=C\CCCCC. The van der Waals surface area contributed by atoms with Gasteiger partial charge in [0.25, 0.3) is 0 Å². The molecule has 0 fully saturated rings. The number of hydrogen-bond acceptors (Lipinski definition) is 6. The number of allylic oxidation sites excluding steroid dienone is 22. The number of unbranched alkanes of at least 4 members (excludes halogenated alkanes) is 22. The van der Waals surface area contributed by atoms with Crippen LogP contribution in [0.5, 0.6) is 0 Å². The topological polar surface area (TPSA) is 78.9 Å². The summed E-state index contributed by atoms with van der Waals surface area (Å²) in [6, 6.07) is 0. The van der Waals surface area contributed by atoms with Gasteiger partial charge < -0.3 is 14.2 Å². The molecule has 0 aliphatic rings. The molecular weight excluding hydrogens is 829 g/mol. The maximum atomic E-state index is 12.8. The molecule has 0 aromatic carbocycles. The van der Waals surface area contributed by atoms with Crippen molar-refractivity contribution < 1.29 is 28.6 Å². The van der Waals surface area contributed by atoms with Crippen LogP contribution in [0.2, 0.25) is 0 Å². The van der Waals surface area contributed by atoms with Gasteiger partial charge in [0.05, 0.1) is 0 Å². The Bertz CT molecular complexity index is 1480. The summed E-state index contributed by atoms with van der Waals surface area (Å²) in [7, 11) is 0. The summed E-state index contributed by atoms with van der Waals surface area (Å²) >= 11 is 0. The van der Waals surface area contributed by atoms with Gasteiger partial charge in [0.2, 0.25) is 0 Å². The molecule has 0 radical (unpaired) electrons. The molecule has 0 saturated carbocycles. The normalized spacial score (nSPS) is 13.2. The van der Waals surface area contributed by atoms with Gasteiger partial charge in [0.15, 0.2) is 6.10 Å². The number of ether oxygens (including phenoxy) is 3. The average molecular weight is 925 g/mol. The minimum Gasteiger partial charge on any atom is -0.462 e. The van der Waals surface area contributed by atoms with E-state index in [1.165, 1.54) is 77.0 Å². The van der Waals surface area contributed by atoms with Crippen LogP contribution in [0.1, 0.15) is 213 Å². The van der Waals surface area contributed by atoms with Crippen LogP contribution in [0, 0.1) is 0 Å². The summed E-state index contributed by atoms with van der Waals surface area (Å²) in [6.07, 6.45) is 75.6. The second-order valence-corrected chi connectivity index (χ2v) is 17.3. The van der Waals surface area contributed by atoms with Crippen LogP contribution in [-0.2, 0) is 28.6 Å². The first-order valence-electron chi connectivity index (χ1n) is 26.8. The summed E-state index contributed by atoms with van der Waals surface area (Å²) in [4.78, 5) is 38.0. The zero-order valence-electron chi connectivity index (χ0n) is 42.9. The number of carbonyl (C=O) groups excluding carboxylic acids is 3. The summed E-state index contributed by atoms with van der Waals surface area (Å²) in [5, 5.41) is 0. The lowest BCUT2D eigenvalue weighted by Crippen LogP contribution is -2.30. The molecule has 1 unspecified atom stereocenters. The van der Waals surface area contributed by atoms with E-state index in [1.807, 2.05) is 72.9 Å². The zero-order chi connectivity index (χ0) is 48.6. The van der Waals surface area contributed by atoms with Crippen LogP contribution in [0.3, 0.4) is 0 Å². The Hall–Kier alpha value is -4.45. The summed E-state index contributed by atoms with van der Waals surface area (Å²) in [6.45, 7) is 6.38. The first-order valence-corrected chi connectivity index (χ1v) is 26.8. The third-order valence-corrected chi connectivity index (χ3v) is 10.9. The molecule has 0 aliphatic carbocycles. The van der Waals surface area contributed by atoms with E-state index in [2.05, 4.69) is 81.5 Å². The van der Waals surface area contributed by atoms with Gasteiger partial charge in [0, 0.05) is 19.3 Å². The van der Waals surface area contributed by atoms with Gasteiger partial charge >= 0.3 is 17.9 Å². The molecule has 376 valence electrons. The summed E-state index contributed by atoms with van der Waals surface area (Å²) in [5.41, 5.74) is 0. The van der Waals surface area contributed by atoms with Gasteiger partial charge in [0.1, 0.15) is 13.2 Å². The Labute approximate surface area is 411 Å². The molecule has 0 aromatic heterocycles. The molecule has 0 amide bonds. The second-order valence-electron chi connectivity index (χ2n) is 17.3. The molecule has 6 heteroatoms. The third-order valence-electron chi connectivity index (χ3n) is 10.9. The first kappa shape index (κ1) is 62.5. The van der Waals surface area contributed by atoms with Crippen LogP contribution in [0.4, 0.5) is 0 Å². The van der Waals surface area contributed by atoms with E-state index >= 15 is 0 Å². The molecule has 0 rings (SSSR count). The fraction of sp³-hybridized carbons (Fsp3) is 0.590. The van der Waals surface area contributed by atoms with Gasteiger partial charge in [-0.25, -0.2) is 0 Å². The maximum Gasteiger partial charge on any atom is 0.306 e. The Morgan fingerprint density at radius 1 is 0.313 bits per heavy atom. The van der Waals surface area contributed by atoms with E-state index in [4.69, 9.17) is 14.2 Å². The van der Waals surface area contributed by atoms with Crippen molar-refractivity contribution in [3.8, 4) is 0 Å². The van der Waals surface area contributed by atoms with E-state index in [0.717, 1.165) is 96.3 Å². The fourth-order valence-corrected chi connectivity index (χ4v) is 6.91. The third kappa shape index (κ3) is 52.4. The molecular formula is C61H96O6. The highest BCUT2D eigenvalue weighted by atomic mass is 16.6. The Morgan fingerprint density at radius 3 is 0.955 bits per heavy atom. The lowest BCUT2D eigenvalue weighted by atomic mass is 10.0. The predicted molar refractivity (Wildman–Crippen MR) is 288 cm³/mol. The predicted octanol–water partition coefficient (Wildman–Crippen LogP) is 17.9. The minimum absolute atomic E-state index is 0.106. The van der Waals surface area contributed by atoms with Crippen LogP contribution < -0.4 is 0 Å². The Kier molecular flexibility index (Phi) is 50.6. The minimum atomic E-state index is -0.813. The first-order chi connectivity index (χ1) is 33.0. The van der Waals surface area contributed by atoms with Crippen LogP contribution in [0.25, 0.3) is 0 Å². The van der Waals surface area contributed by atoms with Crippen molar-refractivity contribution in [2.75, 3.05) is 13.2 Å². The maximum absolute atomic E-state index is 12.8. The van der Waals surface area contributed by atoms with Crippen molar-refractivity contribution >= 4 is 17.9 Å². The lowest BCUT2D eigenvalue weighted by Gasteiger charge is -2.18. The number of esters is 3. The van der Waals surface area contributed by atoms with Crippen molar-refractivity contribution in [1.82, 2.24) is 0 Å². The lowest BCUT2D eigenvalue weighted by molar-refractivity contribution is -0.167. The molecule has 6 nitrogen and oxygen atoms in total. The van der Waals surface area contributed by atoms with E-state index < -0.39 is 6.10 Å². The Morgan fingerprint density at radius 2 is 0.582 bits per heavy atom. The zero-order valence-corrected chi connectivity index (χ0v) is 42.9. The summed E-state index contributed by atoms with van der Waals surface area (Å²) < 4.78 is 16.8.